The van der Waals surface area contributed by atoms with E-state index >= 15 is 0 Å². The Labute approximate surface area is 87.5 Å². The summed E-state index contributed by atoms with van der Waals surface area (Å²) in [6, 6.07) is 5.75. The SMILES string of the molecule is Cc1cc(Cl)cc(-c2ncc(C)o2)c1. The van der Waals surface area contributed by atoms with Gasteiger partial charge in [0.25, 0.3) is 0 Å². The van der Waals surface area contributed by atoms with E-state index in [1.807, 2.05) is 32.0 Å². The van der Waals surface area contributed by atoms with Gasteiger partial charge in [-0.2, -0.15) is 0 Å². The molecule has 0 saturated carbocycles. The fraction of sp³-hybridized carbons (Fsp3) is 0.182. The van der Waals surface area contributed by atoms with E-state index in [1.165, 1.54) is 0 Å². The van der Waals surface area contributed by atoms with Gasteiger partial charge in [-0.15, -0.1) is 0 Å². The third kappa shape index (κ3) is 1.80. The Bertz CT molecular complexity index is 442. The van der Waals surface area contributed by atoms with Gasteiger partial charge in [-0.25, -0.2) is 4.98 Å². The molecule has 0 atom stereocenters. The first kappa shape index (κ1) is 9.28. The molecule has 1 aromatic heterocycles. The van der Waals surface area contributed by atoms with Gasteiger partial charge in [-0.05, 0) is 37.6 Å². The molecule has 0 aliphatic carbocycles. The molecule has 1 aromatic carbocycles. The van der Waals surface area contributed by atoms with Crippen LogP contribution in [0, 0.1) is 13.8 Å². The third-order valence-electron chi connectivity index (χ3n) is 1.91. The second kappa shape index (κ2) is 3.46. The van der Waals surface area contributed by atoms with Crippen molar-refractivity contribution in [3.05, 3.63) is 40.7 Å². The molecule has 0 amide bonds. The molecule has 0 bridgehead atoms. The van der Waals surface area contributed by atoms with Gasteiger partial charge in [-0.3, -0.25) is 0 Å². The van der Waals surface area contributed by atoms with E-state index in [2.05, 4.69) is 4.98 Å². The molecule has 0 unspecified atom stereocenters. The maximum atomic E-state index is 5.94. The Morgan fingerprint density at radius 2 is 2.00 bits per heavy atom. The van der Waals surface area contributed by atoms with Crippen molar-refractivity contribution in [1.82, 2.24) is 4.98 Å². The van der Waals surface area contributed by atoms with Gasteiger partial charge >= 0.3 is 0 Å². The van der Waals surface area contributed by atoms with Crippen molar-refractivity contribution in [2.45, 2.75) is 13.8 Å². The summed E-state index contributed by atoms with van der Waals surface area (Å²) in [5, 5.41) is 0.704. The first-order chi connectivity index (χ1) is 6.65. The van der Waals surface area contributed by atoms with Gasteiger partial charge in [0.2, 0.25) is 5.89 Å². The van der Waals surface area contributed by atoms with E-state index in [0.717, 1.165) is 16.9 Å². The van der Waals surface area contributed by atoms with Gasteiger partial charge in [-0.1, -0.05) is 11.6 Å². The minimum Gasteiger partial charge on any atom is -0.441 e. The van der Waals surface area contributed by atoms with Crippen LogP contribution in [-0.4, -0.2) is 4.98 Å². The number of aromatic nitrogens is 1. The normalized spacial score (nSPS) is 10.5. The number of benzene rings is 1. The van der Waals surface area contributed by atoms with Crippen LogP contribution >= 0.6 is 11.6 Å². The molecule has 2 nitrogen and oxygen atoms in total. The summed E-state index contributed by atoms with van der Waals surface area (Å²) >= 11 is 5.94. The monoisotopic (exact) mass is 207 g/mol. The van der Waals surface area contributed by atoms with Crippen LogP contribution in [0.3, 0.4) is 0 Å². The number of hydrogen-bond acceptors (Lipinski definition) is 2. The first-order valence-corrected chi connectivity index (χ1v) is 4.73. The summed E-state index contributed by atoms with van der Waals surface area (Å²) in [7, 11) is 0. The summed E-state index contributed by atoms with van der Waals surface area (Å²) in [6.07, 6.45) is 1.70. The smallest absolute Gasteiger partial charge is 0.226 e. The lowest BCUT2D eigenvalue weighted by Crippen LogP contribution is -1.79. The highest BCUT2D eigenvalue weighted by Gasteiger charge is 2.05. The second-order valence-corrected chi connectivity index (χ2v) is 3.73. The molecule has 14 heavy (non-hydrogen) atoms. The zero-order valence-corrected chi connectivity index (χ0v) is 8.80. The lowest BCUT2D eigenvalue weighted by molar-refractivity contribution is 0.542. The molecule has 0 N–H and O–H groups in total. The lowest BCUT2D eigenvalue weighted by Gasteiger charge is -1.99. The first-order valence-electron chi connectivity index (χ1n) is 4.35. The van der Waals surface area contributed by atoms with Crippen LogP contribution in [0.1, 0.15) is 11.3 Å². The number of halogens is 1. The van der Waals surface area contributed by atoms with Crippen molar-refractivity contribution in [3.63, 3.8) is 0 Å². The molecule has 0 aliphatic heterocycles. The second-order valence-electron chi connectivity index (χ2n) is 3.29. The summed E-state index contributed by atoms with van der Waals surface area (Å²) in [5.74, 6) is 1.42. The van der Waals surface area contributed by atoms with Crippen molar-refractivity contribution < 1.29 is 4.42 Å². The Morgan fingerprint density at radius 3 is 2.57 bits per heavy atom. The zero-order valence-electron chi connectivity index (χ0n) is 8.04. The molecule has 0 spiro atoms. The Hall–Kier alpha value is -1.28. The van der Waals surface area contributed by atoms with Crippen molar-refractivity contribution in [2.75, 3.05) is 0 Å². The third-order valence-corrected chi connectivity index (χ3v) is 2.13. The van der Waals surface area contributed by atoms with Gasteiger partial charge in [0.1, 0.15) is 5.76 Å². The average Bonchev–Trinajstić information content (AvgIpc) is 2.50. The van der Waals surface area contributed by atoms with Gasteiger partial charge < -0.3 is 4.42 Å². The quantitative estimate of drug-likeness (QED) is 0.714. The maximum absolute atomic E-state index is 5.94. The van der Waals surface area contributed by atoms with Crippen LogP contribution in [0.4, 0.5) is 0 Å². The molecule has 0 saturated heterocycles. The van der Waals surface area contributed by atoms with Crippen LogP contribution in [-0.2, 0) is 0 Å². The molecule has 1 heterocycles. The van der Waals surface area contributed by atoms with E-state index in [1.54, 1.807) is 6.20 Å². The molecule has 0 radical (unpaired) electrons. The van der Waals surface area contributed by atoms with Crippen LogP contribution < -0.4 is 0 Å². The largest absolute Gasteiger partial charge is 0.441 e. The molecule has 3 heteroatoms. The number of aryl methyl sites for hydroxylation is 2. The summed E-state index contributed by atoms with van der Waals surface area (Å²) in [5.41, 5.74) is 2.02. The van der Waals surface area contributed by atoms with Crippen molar-refractivity contribution >= 4 is 11.6 Å². The molecular formula is C11H10ClNO. The summed E-state index contributed by atoms with van der Waals surface area (Å²) < 4.78 is 5.41. The fourth-order valence-electron chi connectivity index (χ4n) is 1.35. The topological polar surface area (TPSA) is 26.0 Å². The standard InChI is InChI=1S/C11H10ClNO/c1-7-3-9(5-10(12)4-7)11-13-6-8(2)14-11/h3-6H,1-2H3. The fourth-order valence-corrected chi connectivity index (χ4v) is 1.64. The molecule has 2 aromatic rings. The van der Waals surface area contributed by atoms with Gasteiger partial charge in [0.05, 0.1) is 6.20 Å². The van der Waals surface area contributed by atoms with Crippen LogP contribution in [0.2, 0.25) is 5.02 Å². The predicted molar refractivity (Wildman–Crippen MR) is 56.4 cm³/mol. The highest BCUT2D eigenvalue weighted by atomic mass is 35.5. The van der Waals surface area contributed by atoms with Crippen LogP contribution in [0.5, 0.6) is 0 Å². The maximum Gasteiger partial charge on any atom is 0.226 e. The Balaban J connectivity index is 2.51. The van der Waals surface area contributed by atoms with Crippen LogP contribution in [0.25, 0.3) is 11.5 Å². The van der Waals surface area contributed by atoms with Crippen LogP contribution in [0.15, 0.2) is 28.8 Å². The van der Waals surface area contributed by atoms with E-state index in [0.29, 0.717) is 10.9 Å². The summed E-state index contributed by atoms with van der Waals surface area (Å²) in [6.45, 7) is 3.86. The highest BCUT2D eigenvalue weighted by molar-refractivity contribution is 6.30. The molecule has 0 aliphatic rings. The zero-order chi connectivity index (χ0) is 10.1. The van der Waals surface area contributed by atoms with Crippen molar-refractivity contribution in [2.24, 2.45) is 0 Å². The van der Waals surface area contributed by atoms with Crippen molar-refractivity contribution in [3.8, 4) is 11.5 Å². The molecule has 2 rings (SSSR count). The molecular weight excluding hydrogens is 198 g/mol. The minimum absolute atomic E-state index is 0.619. The van der Waals surface area contributed by atoms with E-state index < -0.39 is 0 Å². The number of hydrogen-bond donors (Lipinski definition) is 0. The van der Waals surface area contributed by atoms with Gasteiger partial charge in [0.15, 0.2) is 0 Å². The minimum atomic E-state index is 0.619. The molecule has 0 fully saturated rings. The number of nitrogens with zero attached hydrogens (tertiary/aromatic N) is 1. The van der Waals surface area contributed by atoms with Crippen molar-refractivity contribution in [1.29, 1.82) is 0 Å². The van der Waals surface area contributed by atoms with Gasteiger partial charge in [0, 0.05) is 10.6 Å². The Morgan fingerprint density at radius 1 is 1.21 bits per heavy atom. The van der Waals surface area contributed by atoms with E-state index in [-0.39, 0.29) is 0 Å². The molecule has 72 valence electrons. The highest BCUT2D eigenvalue weighted by Crippen LogP contribution is 2.24. The number of oxazole rings is 1. The predicted octanol–water partition coefficient (Wildman–Crippen LogP) is 3.61. The van der Waals surface area contributed by atoms with E-state index in [9.17, 15) is 0 Å². The average molecular weight is 208 g/mol. The lowest BCUT2D eigenvalue weighted by atomic mass is 10.1. The summed E-state index contributed by atoms with van der Waals surface area (Å²) in [4.78, 5) is 4.14. The number of rotatable bonds is 1. The van der Waals surface area contributed by atoms with E-state index in [4.69, 9.17) is 16.0 Å². The Kier molecular flexibility index (Phi) is 2.30.